The van der Waals surface area contributed by atoms with E-state index in [1.807, 2.05) is 13.8 Å². The Balaban J connectivity index is 1.91. The summed E-state index contributed by atoms with van der Waals surface area (Å²) in [6.45, 7) is 4.12. The Hall–Kier alpha value is -2.59. The molecule has 0 amide bonds. The highest BCUT2D eigenvalue weighted by Crippen LogP contribution is 2.26. The van der Waals surface area contributed by atoms with E-state index in [0.29, 0.717) is 17.9 Å². The summed E-state index contributed by atoms with van der Waals surface area (Å²) >= 11 is 1.10. The van der Waals surface area contributed by atoms with E-state index in [1.54, 1.807) is 0 Å². The first kappa shape index (κ1) is 20.2. The normalized spacial score (nSPS) is 11.8. The number of benzene rings is 1. The molecule has 2 heterocycles. The highest BCUT2D eigenvalue weighted by atomic mass is 32.2. The smallest absolute Gasteiger partial charge is 0.268 e. The Morgan fingerprint density at radius 1 is 1.29 bits per heavy atom. The molecule has 0 saturated carbocycles. The van der Waals surface area contributed by atoms with Crippen LogP contribution in [0.1, 0.15) is 19.4 Å². The summed E-state index contributed by atoms with van der Waals surface area (Å²) in [5, 5.41) is 12.8. The molecular weight excluding hydrogens is 388 g/mol. The number of hydrogen-bond acceptors (Lipinski definition) is 7. The van der Waals surface area contributed by atoms with Crippen molar-refractivity contribution in [3.8, 4) is 0 Å². The third kappa shape index (κ3) is 4.63. The van der Waals surface area contributed by atoms with Crippen molar-refractivity contribution in [1.82, 2.24) is 19.9 Å². The molecule has 0 bridgehead atoms. The number of anilines is 1. The van der Waals surface area contributed by atoms with E-state index in [0.717, 1.165) is 24.0 Å². The number of aromatic amines is 1. The maximum Gasteiger partial charge on any atom is 0.268 e. The zero-order chi connectivity index (χ0) is 20.3. The number of aromatic nitrogens is 4. The van der Waals surface area contributed by atoms with Crippen LogP contribution in [0.15, 0.2) is 34.3 Å². The van der Waals surface area contributed by atoms with Gasteiger partial charge < -0.3 is 15.4 Å². The number of nitrogens with zero attached hydrogens (tertiary/aromatic N) is 3. The molecule has 0 fully saturated rings. The van der Waals surface area contributed by atoms with E-state index < -0.39 is 22.6 Å². The summed E-state index contributed by atoms with van der Waals surface area (Å²) in [6, 6.07) is 3.97. The Kier molecular flexibility index (Phi) is 5.90. The fraction of sp³-hybridized carbons (Fsp3) is 0.333. The summed E-state index contributed by atoms with van der Waals surface area (Å²) in [5.74, 6) is -1.33. The number of fused-ring (bicyclic) bond motifs is 1. The molecule has 148 valence electrons. The lowest BCUT2D eigenvalue weighted by atomic mass is 9.95. The van der Waals surface area contributed by atoms with Crippen LogP contribution in [0.4, 0.5) is 14.6 Å². The van der Waals surface area contributed by atoms with Crippen LogP contribution < -0.4 is 10.9 Å². The second-order valence-corrected chi connectivity index (χ2v) is 7.92. The number of nitrogens with one attached hydrogen (secondary N) is 2. The molecule has 0 aliphatic carbocycles. The summed E-state index contributed by atoms with van der Waals surface area (Å²) in [7, 11) is 0. The fourth-order valence-electron chi connectivity index (χ4n) is 2.28. The van der Waals surface area contributed by atoms with Crippen LogP contribution >= 0.6 is 11.8 Å². The van der Waals surface area contributed by atoms with E-state index in [1.165, 1.54) is 12.1 Å². The quantitative estimate of drug-likeness (QED) is 0.409. The number of hydrogen-bond donors (Lipinski definition) is 3. The predicted octanol–water partition coefficient (Wildman–Crippen LogP) is 2.71. The fourth-order valence-corrected chi connectivity index (χ4v) is 3.10. The van der Waals surface area contributed by atoms with Gasteiger partial charge in [-0.15, -0.1) is 0 Å². The number of aliphatic hydroxyl groups is 1. The molecule has 0 atom stereocenters. The van der Waals surface area contributed by atoms with Crippen molar-refractivity contribution >= 4 is 28.7 Å². The van der Waals surface area contributed by atoms with Crippen LogP contribution in [0.25, 0.3) is 11.2 Å². The van der Waals surface area contributed by atoms with Crippen molar-refractivity contribution in [2.75, 3.05) is 18.5 Å². The summed E-state index contributed by atoms with van der Waals surface area (Å²) in [4.78, 5) is 26.9. The maximum atomic E-state index is 13.9. The molecule has 10 heteroatoms. The third-order valence-electron chi connectivity index (χ3n) is 3.97. The second kappa shape index (κ2) is 8.19. The molecule has 0 aliphatic rings. The van der Waals surface area contributed by atoms with Crippen molar-refractivity contribution in [3.05, 3.63) is 51.9 Å². The van der Waals surface area contributed by atoms with Gasteiger partial charge in [-0.2, -0.15) is 0 Å². The van der Waals surface area contributed by atoms with Gasteiger partial charge in [0.25, 0.3) is 5.56 Å². The molecule has 3 rings (SSSR count). The molecule has 3 aromatic rings. The van der Waals surface area contributed by atoms with Crippen LogP contribution in [0.2, 0.25) is 0 Å². The number of H-pyrrole nitrogens is 1. The Bertz CT molecular complexity index is 1060. The van der Waals surface area contributed by atoms with Crippen LogP contribution in [-0.4, -0.2) is 38.2 Å². The number of aliphatic hydroxyl groups excluding tert-OH is 1. The first-order valence-electron chi connectivity index (χ1n) is 8.46. The Morgan fingerprint density at radius 3 is 2.82 bits per heavy atom. The standard InChI is InChI=1S/C18H19F2N5O2S/c1-18(2,9-26)8-22-15-14-16(23-12(27)6-21-14)25-17(24-15)28-7-10-4-3-5-11(19)13(10)20/h3-6,26H,7-9H2,1-2H3,(H2,22,23,24,25,27). The lowest BCUT2D eigenvalue weighted by molar-refractivity contribution is 0.171. The zero-order valence-corrected chi connectivity index (χ0v) is 16.1. The molecular formula is C18H19F2N5O2S. The largest absolute Gasteiger partial charge is 0.396 e. The zero-order valence-electron chi connectivity index (χ0n) is 15.3. The third-order valence-corrected chi connectivity index (χ3v) is 4.86. The Morgan fingerprint density at radius 2 is 2.07 bits per heavy atom. The lowest BCUT2D eigenvalue weighted by Gasteiger charge is -2.22. The van der Waals surface area contributed by atoms with Crippen molar-refractivity contribution in [3.63, 3.8) is 0 Å². The van der Waals surface area contributed by atoms with E-state index in [9.17, 15) is 18.7 Å². The van der Waals surface area contributed by atoms with Gasteiger partial charge in [0, 0.05) is 29.9 Å². The maximum absolute atomic E-state index is 13.9. The van der Waals surface area contributed by atoms with Gasteiger partial charge >= 0.3 is 0 Å². The SMILES string of the molecule is CC(C)(CO)CNc1nc(SCc2cccc(F)c2F)nc2[nH]c(=O)cnc12. The number of thioether (sulfide) groups is 1. The Labute approximate surface area is 163 Å². The minimum Gasteiger partial charge on any atom is -0.396 e. The predicted molar refractivity (Wildman–Crippen MR) is 103 cm³/mol. The van der Waals surface area contributed by atoms with Gasteiger partial charge in [-0.1, -0.05) is 37.7 Å². The molecule has 0 radical (unpaired) electrons. The van der Waals surface area contributed by atoms with Gasteiger partial charge in [0.15, 0.2) is 28.3 Å². The van der Waals surface area contributed by atoms with E-state index in [-0.39, 0.29) is 28.7 Å². The van der Waals surface area contributed by atoms with Crippen molar-refractivity contribution in [2.45, 2.75) is 24.8 Å². The molecule has 1 aromatic carbocycles. The average Bonchev–Trinajstić information content (AvgIpc) is 2.67. The molecule has 2 aromatic heterocycles. The molecule has 7 nitrogen and oxygen atoms in total. The van der Waals surface area contributed by atoms with Crippen LogP contribution in [-0.2, 0) is 5.75 Å². The second-order valence-electron chi connectivity index (χ2n) is 6.98. The van der Waals surface area contributed by atoms with Crippen LogP contribution in [0.3, 0.4) is 0 Å². The monoisotopic (exact) mass is 407 g/mol. The van der Waals surface area contributed by atoms with E-state index in [2.05, 4.69) is 25.3 Å². The van der Waals surface area contributed by atoms with Crippen LogP contribution in [0.5, 0.6) is 0 Å². The topological polar surface area (TPSA) is 104 Å². The minimum atomic E-state index is -0.917. The number of halogens is 2. The van der Waals surface area contributed by atoms with Crippen molar-refractivity contribution in [2.24, 2.45) is 5.41 Å². The molecule has 0 spiro atoms. The van der Waals surface area contributed by atoms with Gasteiger partial charge in [-0.05, 0) is 6.07 Å². The van der Waals surface area contributed by atoms with Crippen molar-refractivity contribution in [1.29, 1.82) is 0 Å². The highest BCUT2D eigenvalue weighted by Gasteiger charge is 2.18. The van der Waals surface area contributed by atoms with E-state index >= 15 is 0 Å². The van der Waals surface area contributed by atoms with Gasteiger partial charge in [0.2, 0.25) is 0 Å². The number of rotatable bonds is 7. The summed E-state index contributed by atoms with van der Waals surface area (Å²) in [5.41, 5.74) is -0.0369. The molecule has 0 aliphatic heterocycles. The van der Waals surface area contributed by atoms with Gasteiger partial charge in [-0.3, -0.25) is 4.79 Å². The van der Waals surface area contributed by atoms with Crippen molar-refractivity contribution < 1.29 is 13.9 Å². The van der Waals surface area contributed by atoms with Gasteiger partial charge in [0.1, 0.15) is 5.52 Å². The first-order valence-corrected chi connectivity index (χ1v) is 9.45. The molecule has 3 N–H and O–H groups in total. The van der Waals surface area contributed by atoms with Crippen LogP contribution in [0, 0.1) is 17.0 Å². The minimum absolute atomic E-state index is 0.0340. The summed E-state index contributed by atoms with van der Waals surface area (Å²) in [6.07, 6.45) is 1.13. The van der Waals surface area contributed by atoms with Gasteiger partial charge in [0.05, 0.1) is 6.20 Å². The molecule has 28 heavy (non-hydrogen) atoms. The lowest BCUT2D eigenvalue weighted by Crippen LogP contribution is -2.27. The molecule has 0 saturated heterocycles. The first-order chi connectivity index (χ1) is 13.3. The van der Waals surface area contributed by atoms with Gasteiger partial charge in [-0.25, -0.2) is 23.7 Å². The van der Waals surface area contributed by atoms with E-state index in [4.69, 9.17) is 0 Å². The summed E-state index contributed by atoms with van der Waals surface area (Å²) < 4.78 is 27.2. The average molecular weight is 407 g/mol. The molecule has 0 unspecified atom stereocenters. The highest BCUT2D eigenvalue weighted by molar-refractivity contribution is 7.98.